The average molecular weight is 243 g/mol. The summed E-state index contributed by atoms with van der Waals surface area (Å²) in [6.07, 6.45) is 5.15. The Balaban J connectivity index is 2.00. The smallest absolute Gasteiger partial charge is 0.325 e. The highest BCUT2D eigenvalue weighted by atomic mass is 16.5. The lowest BCUT2D eigenvalue weighted by Crippen LogP contribution is -2.46. The number of nitrogens with two attached hydrogens (primary N) is 1. The molecule has 0 bridgehead atoms. The van der Waals surface area contributed by atoms with E-state index in [0.717, 1.165) is 32.0 Å². The van der Waals surface area contributed by atoms with Gasteiger partial charge in [-0.25, -0.2) is 0 Å². The third kappa shape index (κ3) is 6.03. The number of ether oxygens (including phenoxy) is 2. The zero-order valence-corrected chi connectivity index (χ0v) is 11.0. The van der Waals surface area contributed by atoms with Gasteiger partial charge in [-0.2, -0.15) is 0 Å². The number of hydrogen-bond donors (Lipinski definition) is 1. The molecule has 1 fully saturated rings. The lowest BCUT2D eigenvalue weighted by molar-refractivity contribution is -0.149. The summed E-state index contributed by atoms with van der Waals surface area (Å²) >= 11 is 0. The van der Waals surface area contributed by atoms with Crippen molar-refractivity contribution in [3.8, 4) is 0 Å². The third-order valence-corrected chi connectivity index (χ3v) is 3.03. The van der Waals surface area contributed by atoms with Crippen molar-refractivity contribution in [1.82, 2.24) is 0 Å². The molecule has 4 heteroatoms. The molecule has 0 radical (unpaired) electrons. The second kappa shape index (κ2) is 6.97. The van der Waals surface area contributed by atoms with Crippen molar-refractivity contribution in [1.29, 1.82) is 0 Å². The van der Waals surface area contributed by atoms with Crippen LogP contribution in [0.4, 0.5) is 0 Å². The molecule has 1 aliphatic carbocycles. The standard InChI is InChI=1S/C13H25NO3/c1-3-17-12(15)13(2,14)8-4-5-9-16-10-11-6-7-11/h11H,3-10,14H2,1-2H3. The van der Waals surface area contributed by atoms with Gasteiger partial charge in [-0.1, -0.05) is 0 Å². The summed E-state index contributed by atoms with van der Waals surface area (Å²) in [5.74, 6) is 0.508. The van der Waals surface area contributed by atoms with E-state index < -0.39 is 5.54 Å². The van der Waals surface area contributed by atoms with Crippen molar-refractivity contribution in [2.24, 2.45) is 11.7 Å². The highest BCUT2D eigenvalue weighted by Crippen LogP contribution is 2.28. The summed E-state index contributed by atoms with van der Waals surface area (Å²) in [6.45, 7) is 5.58. The van der Waals surface area contributed by atoms with Crippen molar-refractivity contribution < 1.29 is 14.3 Å². The van der Waals surface area contributed by atoms with E-state index in [1.165, 1.54) is 12.8 Å². The fourth-order valence-electron chi connectivity index (χ4n) is 1.63. The zero-order chi connectivity index (χ0) is 12.7. The number of rotatable bonds is 9. The number of unbranched alkanes of at least 4 members (excludes halogenated alkanes) is 1. The van der Waals surface area contributed by atoms with Crippen LogP contribution < -0.4 is 5.73 Å². The van der Waals surface area contributed by atoms with Crippen molar-refractivity contribution in [2.45, 2.75) is 51.5 Å². The van der Waals surface area contributed by atoms with E-state index >= 15 is 0 Å². The summed E-state index contributed by atoms with van der Waals surface area (Å²) in [4.78, 5) is 11.5. The minimum atomic E-state index is -0.855. The quantitative estimate of drug-likeness (QED) is 0.496. The van der Waals surface area contributed by atoms with Crippen molar-refractivity contribution >= 4 is 5.97 Å². The van der Waals surface area contributed by atoms with Crippen LogP contribution in [0.5, 0.6) is 0 Å². The molecule has 1 unspecified atom stereocenters. The normalized spacial score (nSPS) is 18.8. The monoisotopic (exact) mass is 243 g/mol. The molecule has 100 valence electrons. The van der Waals surface area contributed by atoms with Crippen LogP contribution in [0, 0.1) is 5.92 Å². The Morgan fingerprint density at radius 1 is 1.41 bits per heavy atom. The molecule has 2 N–H and O–H groups in total. The Morgan fingerprint density at radius 2 is 2.12 bits per heavy atom. The molecule has 0 aromatic heterocycles. The fourth-order valence-corrected chi connectivity index (χ4v) is 1.63. The molecular weight excluding hydrogens is 218 g/mol. The maximum atomic E-state index is 11.5. The Hall–Kier alpha value is -0.610. The highest BCUT2D eigenvalue weighted by molar-refractivity contribution is 5.79. The topological polar surface area (TPSA) is 61.5 Å². The van der Waals surface area contributed by atoms with Gasteiger partial charge in [0, 0.05) is 13.2 Å². The van der Waals surface area contributed by atoms with Crippen LogP contribution in [0.2, 0.25) is 0 Å². The maximum absolute atomic E-state index is 11.5. The second-order valence-electron chi connectivity index (χ2n) is 5.11. The van der Waals surface area contributed by atoms with Crippen LogP contribution in [-0.4, -0.2) is 31.3 Å². The first-order valence-electron chi connectivity index (χ1n) is 6.60. The van der Waals surface area contributed by atoms with Crippen molar-refractivity contribution in [3.05, 3.63) is 0 Å². The molecule has 4 nitrogen and oxygen atoms in total. The van der Waals surface area contributed by atoms with Gasteiger partial charge >= 0.3 is 5.97 Å². The van der Waals surface area contributed by atoms with Gasteiger partial charge in [0.05, 0.1) is 6.61 Å². The molecular formula is C13H25NO3. The number of carbonyl (C=O) groups is 1. The molecule has 0 saturated heterocycles. The molecule has 1 aliphatic rings. The molecule has 17 heavy (non-hydrogen) atoms. The van der Waals surface area contributed by atoms with Gasteiger partial charge in [0.2, 0.25) is 0 Å². The summed E-state index contributed by atoms with van der Waals surface area (Å²) < 4.78 is 10.5. The summed E-state index contributed by atoms with van der Waals surface area (Å²) in [5, 5.41) is 0. The fraction of sp³-hybridized carbons (Fsp3) is 0.923. The van der Waals surface area contributed by atoms with E-state index in [4.69, 9.17) is 15.2 Å². The van der Waals surface area contributed by atoms with E-state index in [9.17, 15) is 4.79 Å². The van der Waals surface area contributed by atoms with E-state index in [1.54, 1.807) is 13.8 Å². The number of esters is 1. The van der Waals surface area contributed by atoms with E-state index in [2.05, 4.69) is 0 Å². The van der Waals surface area contributed by atoms with Crippen molar-refractivity contribution in [3.63, 3.8) is 0 Å². The Kier molecular flexibility index (Phi) is 5.92. The highest BCUT2D eigenvalue weighted by Gasteiger charge is 2.29. The van der Waals surface area contributed by atoms with Crippen molar-refractivity contribution in [2.75, 3.05) is 19.8 Å². The molecule has 1 atom stereocenters. The summed E-state index contributed by atoms with van der Waals surface area (Å²) in [6, 6.07) is 0. The van der Waals surface area contributed by atoms with E-state index in [1.807, 2.05) is 0 Å². The molecule has 0 aliphatic heterocycles. The maximum Gasteiger partial charge on any atom is 0.325 e. The predicted octanol–water partition coefficient (Wildman–Crippen LogP) is 1.86. The first kappa shape index (κ1) is 14.5. The first-order chi connectivity index (χ1) is 8.06. The second-order valence-corrected chi connectivity index (χ2v) is 5.11. The molecule has 0 aromatic carbocycles. The van der Waals surface area contributed by atoms with Gasteiger partial charge < -0.3 is 15.2 Å². The molecule has 1 rings (SSSR count). The van der Waals surface area contributed by atoms with Gasteiger partial charge in [0.1, 0.15) is 5.54 Å². The van der Waals surface area contributed by atoms with Crippen LogP contribution in [0.25, 0.3) is 0 Å². The lowest BCUT2D eigenvalue weighted by atomic mass is 9.96. The molecule has 1 saturated carbocycles. The van der Waals surface area contributed by atoms with Gasteiger partial charge in [0.15, 0.2) is 0 Å². The molecule has 0 spiro atoms. The minimum Gasteiger partial charge on any atom is -0.465 e. The Morgan fingerprint density at radius 3 is 2.71 bits per heavy atom. The predicted molar refractivity (Wildman–Crippen MR) is 66.6 cm³/mol. The minimum absolute atomic E-state index is 0.307. The van der Waals surface area contributed by atoms with Gasteiger partial charge in [0.25, 0.3) is 0 Å². The lowest BCUT2D eigenvalue weighted by Gasteiger charge is -2.21. The Labute approximate surface area is 104 Å². The molecule has 0 heterocycles. The largest absolute Gasteiger partial charge is 0.465 e. The van der Waals surface area contributed by atoms with Crippen LogP contribution >= 0.6 is 0 Å². The van der Waals surface area contributed by atoms with Crippen LogP contribution in [0.15, 0.2) is 0 Å². The van der Waals surface area contributed by atoms with Gasteiger partial charge in [-0.3, -0.25) is 4.79 Å². The number of carbonyl (C=O) groups excluding carboxylic acids is 1. The average Bonchev–Trinajstić information content (AvgIpc) is 3.07. The zero-order valence-electron chi connectivity index (χ0n) is 11.0. The third-order valence-electron chi connectivity index (χ3n) is 3.03. The van der Waals surface area contributed by atoms with E-state index in [0.29, 0.717) is 13.0 Å². The number of hydrogen-bond acceptors (Lipinski definition) is 4. The van der Waals surface area contributed by atoms with E-state index in [-0.39, 0.29) is 5.97 Å². The molecule has 0 aromatic rings. The van der Waals surface area contributed by atoms with Crippen LogP contribution in [-0.2, 0) is 14.3 Å². The Bertz CT molecular complexity index is 237. The summed E-state index contributed by atoms with van der Waals surface area (Å²) in [5.41, 5.74) is 5.05. The van der Waals surface area contributed by atoms with Crippen LogP contribution in [0.3, 0.4) is 0 Å². The molecule has 0 amide bonds. The first-order valence-corrected chi connectivity index (χ1v) is 6.60. The van der Waals surface area contributed by atoms with Crippen LogP contribution in [0.1, 0.15) is 46.0 Å². The summed E-state index contributed by atoms with van der Waals surface area (Å²) in [7, 11) is 0. The SMILES string of the molecule is CCOC(=O)C(C)(N)CCCCOCC1CC1. The van der Waals surface area contributed by atoms with Gasteiger partial charge in [-0.05, 0) is 51.9 Å². The van der Waals surface area contributed by atoms with Gasteiger partial charge in [-0.15, -0.1) is 0 Å².